The minimum absolute atomic E-state index is 0.00880. The van der Waals surface area contributed by atoms with E-state index in [0.717, 1.165) is 18.4 Å². The zero-order chi connectivity index (χ0) is 11.5. The molecule has 3 heteroatoms. The number of hydrogen-bond acceptors (Lipinski definition) is 1. The van der Waals surface area contributed by atoms with Crippen LogP contribution in [0.1, 0.15) is 18.4 Å². The summed E-state index contributed by atoms with van der Waals surface area (Å²) in [6, 6.07) is 6.54. The number of carbonyl (C=O) groups is 1. The van der Waals surface area contributed by atoms with Gasteiger partial charge in [0.15, 0.2) is 0 Å². The predicted molar refractivity (Wildman–Crippen MR) is 60.2 cm³/mol. The van der Waals surface area contributed by atoms with E-state index < -0.39 is 0 Å². The second kappa shape index (κ2) is 4.47. The summed E-state index contributed by atoms with van der Waals surface area (Å²) in [5.41, 5.74) is 1.40. The number of likely N-dealkylation sites (N-methyl/N-ethyl adjacent to an activating group) is 1. The van der Waals surface area contributed by atoms with Crippen molar-refractivity contribution in [2.24, 2.45) is 0 Å². The third kappa shape index (κ3) is 2.13. The summed E-state index contributed by atoms with van der Waals surface area (Å²) in [6.45, 7) is 0.322. The summed E-state index contributed by atoms with van der Waals surface area (Å²) in [5.74, 6) is -0.251. The summed E-state index contributed by atoms with van der Waals surface area (Å²) >= 11 is 0. The zero-order valence-electron chi connectivity index (χ0n) is 9.24. The van der Waals surface area contributed by atoms with Gasteiger partial charge >= 0.3 is 0 Å². The number of allylic oxidation sites excluding steroid dienone is 1. The maximum atomic E-state index is 13.4. The summed E-state index contributed by atoms with van der Waals surface area (Å²) in [4.78, 5) is 13.3. The fourth-order valence-electron chi connectivity index (χ4n) is 1.68. The average molecular weight is 219 g/mol. The number of carbonyl (C=O) groups excluding carboxylic acids is 1. The molecule has 0 atom stereocenters. The molecule has 0 fully saturated rings. The topological polar surface area (TPSA) is 20.3 Å². The monoisotopic (exact) mass is 219 g/mol. The molecule has 0 heterocycles. The van der Waals surface area contributed by atoms with Crippen molar-refractivity contribution in [1.82, 2.24) is 4.90 Å². The van der Waals surface area contributed by atoms with Gasteiger partial charge in [-0.1, -0.05) is 24.3 Å². The molecule has 0 spiro atoms. The third-order valence-corrected chi connectivity index (χ3v) is 2.79. The van der Waals surface area contributed by atoms with Gasteiger partial charge in [0, 0.05) is 24.7 Å². The zero-order valence-corrected chi connectivity index (χ0v) is 9.24. The first-order valence-corrected chi connectivity index (χ1v) is 5.36. The van der Waals surface area contributed by atoms with Gasteiger partial charge in [-0.25, -0.2) is 4.39 Å². The van der Waals surface area contributed by atoms with Crippen LogP contribution in [-0.4, -0.2) is 17.9 Å². The van der Waals surface area contributed by atoms with Crippen molar-refractivity contribution in [2.75, 3.05) is 7.05 Å². The summed E-state index contributed by atoms with van der Waals surface area (Å²) in [7, 11) is 1.70. The van der Waals surface area contributed by atoms with Gasteiger partial charge in [-0.2, -0.15) is 0 Å². The van der Waals surface area contributed by atoms with Crippen LogP contribution in [-0.2, 0) is 11.3 Å². The van der Waals surface area contributed by atoms with E-state index in [9.17, 15) is 9.18 Å². The van der Waals surface area contributed by atoms with E-state index in [1.165, 1.54) is 6.07 Å². The molecule has 1 aliphatic carbocycles. The number of benzene rings is 1. The average Bonchev–Trinajstić information content (AvgIpc) is 2.18. The molecule has 1 amide bonds. The number of halogens is 1. The Morgan fingerprint density at radius 3 is 2.69 bits per heavy atom. The van der Waals surface area contributed by atoms with Crippen LogP contribution in [0.4, 0.5) is 4.39 Å². The summed E-state index contributed by atoms with van der Waals surface area (Å²) in [6.07, 6.45) is 3.76. The molecule has 0 radical (unpaired) electrons. The van der Waals surface area contributed by atoms with Gasteiger partial charge in [0.2, 0.25) is 5.91 Å². The van der Waals surface area contributed by atoms with Crippen LogP contribution in [0.25, 0.3) is 0 Å². The fourth-order valence-corrected chi connectivity index (χ4v) is 1.68. The van der Waals surface area contributed by atoms with Crippen molar-refractivity contribution in [3.8, 4) is 0 Å². The Morgan fingerprint density at radius 2 is 2.12 bits per heavy atom. The molecule has 1 aromatic carbocycles. The van der Waals surface area contributed by atoms with Crippen molar-refractivity contribution >= 4 is 5.91 Å². The van der Waals surface area contributed by atoms with Crippen LogP contribution in [0.15, 0.2) is 35.9 Å². The first kappa shape index (κ1) is 10.9. The van der Waals surface area contributed by atoms with Crippen molar-refractivity contribution in [1.29, 1.82) is 0 Å². The SMILES string of the molecule is CN(Cc1ccccc1F)C(=O)C1=CCC1. The molecular formula is C13H14FNO. The molecule has 2 rings (SSSR count). The van der Waals surface area contributed by atoms with E-state index in [2.05, 4.69) is 0 Å². The van der Waals surface area contributed by atoms with Crippen molar-refractivity contribution in [3.05, 3.63) is 47.3 Å². The van der Waals surface area contributed by atoms with Crippen LogP contribution < -0.4 is 0 Å². The lowest BCUT2D eigenvalue weighted by Gasteiger charge is -2.22. The van der Waals surface area contributed by atoms with E-state index in [-0.39, 0.29) is 11.7 Å². The van der Waals surface area contributed by atoms with Gasteiger partial charge in [0.25, 0.3) is 0 Å². The smallest absolute Gasteiger partial charge is 0.249 e. The maximum absolute atomic E-state index is 13.4. The largest absolute Gasteiger partial charge is 0.338 e. The van der Waals surface area contributed by atoms with E-state index in [1.54, 1.807) is 30.1 Å². The highest BCUT2D eigenvalue weighted by molar-refractivity contribution is 5.94. The van der Waals surface area contributed by atoms with Gasteiger partial charge in [-0.05, 0) is 18.9 Å². The molecule has 16 heavy (non-hydrogen) atoms. The Kier molecular flexibility index (Phi) is 3.04. The molecule has 2 nitrogen and oxygen atoms in total. The number of hydrogen-bond donors (Lipinski definition) is 0. The second-order valence-corrected chi connectivity index (χ2v) is 4.02. The van der Waals surface area contributed by atoms with E-state index in [4.69, 9.17) is 0 Å². The van der Waals surface area contributed by atoms with Gasteiger partial charge in [-0.3, -0.25) is 4.79 Å². The van der Waals surface area contributed by atoms with Crippen LogP contribution in [0, 0.1) is 5.82 Å². The van der Waals surface area contributed by atoms with Gasteiger partial charge in [0.1, 0.15) is 5.82 Å². The lowest BCUT2D eigenvalue weighted by atomic mass is 9.98. The quantitative estimate of drug-likeness (QED) is 0.765. The summed E-state index contributed by atoms with van der Waals surface area (Å²) < 4.78 is 13.4. The first-order chi connectivity index (χ1) is 7.68. The Balaban J connectivity index is 2.04. The van der Waals surface area contributed by atoms with Crippen molar-refractivity contribution in [2.45, 2.75) is 19.4 Å². The van der Waals surface area contributed by atoms with E-state index in [1.807, 2.05) is 6.08 Å². The van der Waals surface area contributed by atoms with Crippen LogP contribution in [0.2, 0.25) is 0 Å². The molecule has 0 bridgehead atoms. The Morgan fingerprint density at radius 1 is 1.44 bits per heavy atom. The molecule has 0 N–H and O–H groups in total. The molecule has 0 unspecified atom stereocenters. The van der Waals surface area contributed by atoms with E-state index >= 15 is 0 Å². The number of rotatable bonds is 3. The van der Waals surface area contributed by atoms with E-state index in [0.29, 0.717) is 12.1 Å². The molecule has 0 aliphatic heterocycles. The molecular weight excluding hydrogens is 205 g/mol. The van der Waals surface area contributed by atoms with Crippen molar-refractivity contribution < 1.29 is 9.18 Å². The molecule has 1 aromatic rings. The Bertz CT molecular complexity index is 439. The van der Waals surface area contributed by atoms with Gasteiger partial charge in [0.05, 0.1) is 0 Å². The number of nitrogens with zero attached hydrogens (tertiary/aromatic N) is 1. The fraction of sp³-hybridized carbons (Fsp3) is 0.308. The van der Waals surface area contributed by atoms with Crippen LogP contribution >= 0.6 is 0 Å². The van der Waals surface area contributed by atoms with Gasteiger partial charge in [-0.15, -0.1) is 0 Å². The van der Waals surface area contributed by atoms with Crippen molar-refractivity contribution in [3.63, 3.8) is 0 Å². The summed E-state index contributed by atoms with van der Waals surface area (Å²) in [5, 5.41) is 0. The Labute approximate surface area is 94.4 Å². The molecule has 1 aliphatic rings. The maximum Gasteiger partial charge on any atom is 0.249 e. The van der Waals surface area contributed by atoms with Crippen LogP contribution in [0.3, 0.4) is 0 Å². The highest BCUT2D eigenvalue weighted by atomic mass is 19.1. The highest BCUT2D eigenvalue weighted by Gasteiger charge is 2.19. The first-order valence-electron chi connectivity index (χ1n) is 5.36. The van der Waals surface area contributed by atoms with Crippen LogP contribution in [0.5, 0.6) is 0 Å². The third-order valence-electron chi connectivity index (χ3n) is 2.79. The minimum atomic E-state index is -0.260. The predicted octanol–water partition coefficient (Wildman–Crippen LogP) is 2.50. The lowest BCUT2D eigenvalue weighted by Crippen LogP contribution is -2.29. The minimum Gasteiger partial charge on any atom is -0.338 e. The normalized spacial score (nSPS) is 14.0. The Hall–Kier alpha value is -1.64. The second-order valence-electron chi connectivity index (χ2n) is 4.02. The standard InChI is InChI=1S/C13H14FNO/c1-15(13(16)10-6-4-7-10)9-11-5-2-3-8-12(11)14/h2-3,5-6,8H,4,7,9H2,1H3. The lowest BCUT2D eigenvalue weighted by molar-refractivity contribution is -0.126. The molecule has 0 saturated heterocycles. The molecule has 0 aromatic heterocycles. The molecule has 0 saturated carbocycles. The highest BCUT2D eigenvalue weighted by Crippen LogP contribution is 2.20. The number of amides is 1. The van der Waals surface area contributed by atoms with Gasteiger partial charge < -0.3 is 4.90 Å². The molecule has 84 valence electrons.